The highest BCUT2D eigenvalue weighted by Gasteiger charge is 2.12. The molecule has 2 N–H and O–H groups in total. The highest BCUT2D eigenvalue weighted by Crippen LogP contribution is 2.28. The van der Waals surface area contributed by atoms with Crippen LogP contribution in [0.1, 0.15) is 13.3 Å². The Balaban J connectivity index is 2.50. The van der Waals surface area contributed by atoms with Crippen LogP contribution in [-0.2, 0) is 4.79 Å². The predicted octanol–water partition coefficient (Wildman–Crippen LogP) is 1.86. The van der Waals surface area contributed by atoms with Gasteiger partial charge in [-0.3, -0.25) is 20.2 Å². The molecule has 0 aliphatic heterocycles. The highest BCUT2D eigenvalue weighted by molar-refractivity contribution is 6.32. The summed E-state index contributed by atoms with van der Waals surface area (Å²) in [6.07, 6.45) is 0.747. The molecule has 0 spiro atoms. The average molecular weight is 316 g/mol. The topological polar surface area (TPSA) is 111 Å². The number of nitrogens with zero attached hydrogens (tertiary/aromatic N) is 1. The van der Waals surface area contributed by atoms with Gasteiger partial charge < -0.3 is 10.1 Å². The number of urea groups is 1. The zero-order valence-electron chi connectivity index (χ0n) is 11.2. The number of halogens is 1. The van der Waals surface area contributed by atoms with E-state index in [1.54, 1.807) is 0 Å². The van der Waals surface area contributed by atoms with Crippen LogP contribution in [0.3, 0.4) is 0 Å². The molecule has 1 rings (SSSR count). The van der Waals surface area contributed by atoms with E-state index in [1.807, 2.05) is 6.92 Å². The second-order valence-corrected chi connectivity index (χ2v) is 4.37. The molecular weight excluding hydrogens is 302 g/mol. The molecule has 9 heteroatoms. The second-order valence-electron chi connectivity index (χ2n) is 3.96. The number of carbonyl (C=O) groups excluding carboxylic acids is 2. The van der Waals surface area contributed by atoms with Gasteiger partial charge in [0.1, 0.15) is 5.75 Å². The van der Waals surface area contributed by atoms with Crippen molar-refractivity contribution in [2.75, 3.05) is 13.2 Å². The molecule has 0 atom stereocenters. The first-order valence-corrected chi connectivity index (χ1v) is 6.46. The van der Waals surface area contributed by atoms with Crippen LogP contribution in [0.2, 0.25) is 5.02 Å². The van der Waals surface area contributed by atoms with Crippen LogP contribution in [0.25, 0.3) is 0 Å². The lowest BCUT2D eigenvalue weighted by Gasteiger charge is -2.08. The Bertz CT molecular complexity index is 550. The van der Waals surface area contributed by atoms with Crippen molar-refractivity contribution < 1.29 is 19.2 Å². The van der Waals surface area contributed by atoms with E-state index in [9.17, 15) is 19.7 Å². The third-order valence-corrected chi connectivity index (χ3v) is 2.57. The number of hydrogen-bond acceptors (Lipinski definition) is 5. The van der Waals surface area contributed by atoms with E-state index in [2.05, 4.69) is 10.6 Å². The summed E-state index contributed by atoms with van der Waals surface area (Å²) in [4.78, 5) is 32.6. The van der Waals surface area contributed by atoms with Crippen molar-refractivity contribution in [1.82, 2.24) is 10.6 Å². The maximum Gasteiger partial charge on any atom is 0.321 e. The van der Waals surface area contributed by atoms with Gasteiger partial charge in [0.2, 0.25) is 0 Å². The zero-order valence-corrected chi connectivity index (χ0v) is 12.0. The van der Waals surface area contributed by atoms with Crippen molar-refractivity contribution in [1.29, 1.82) is 0 Å². The molecule has 8 nitrogen and oxygen atoms in total. The molecule has 0 aromatic heterocycles. The Morgan fingerprint density at radius 2 is 2.14 bits per heavy atom. The van der Waals surface area contributed by atoms with Gasteiger partial charge in [-0.2, -0.15) is 0 Å². The van der Waals surface area contributed by atoms with Gasteiger partial charge in [-0.1, -0.05) is 18.5 Å². The average Bonchev–Trinajstić information content (AvgIpc) is 2.43. The normalized spacial score (nSPS) is 9.81. The maximum absolute atomic E-state index is 11.4. The molecule has 1 aromatic carbocycles. The standard InChI is InChI=1S/C12H14ClN3O5/c1-2-5-14-12(18)15-11(17)7-21-10-4-3-8(16(19)20)6-9(10)13/h3-4,6H,2,5,7H2,1H3,(H2,14,15,17,18). The third kappa shape index (κ3) is 5.65. The first-order chi connectivity index (χ1) is 9.93. The molecule has 0 bridgehead atoms. The number of nitro groups is 1. The molecule has 0 fully saturated rings. The summed E-state index contributed by atoms with van der Waals surface area (Å²) in [6.45, 7) is 1.90. The van der Waals surface area contributed by atoms with Crippen molar-refractivity contribution in [2.24, 2.45) is 0 Å². The first-order valence-electron chi connectivity index (χ1n) is 6.08. The quantitative estimate of drug-likeness (QED) is 0.615. The number of amides is 3. The summed E-state index contributed by atoms with van der Waals surface area (Å²) < 4.78 is 5.09. The molecular formula is C12H14ClN3O5. The number of nitrogens with one attached hydrogen (secondary N) is 2. The number of imide groups is 1. The van der Waals surface area contributed by atoms with Crippen molar-refractivity contribution in [2.45, 2.75) is 13.3 Å². The monoisotopic (exact) mass is 315 g/mol. The van der Waals surface area contributed by atoms with Crippen molar-refractivity contribution >= 4 is 29.2 Å². The summed E-state index contributed by atoms with van der Waals surface area (Å²) in [5.41, 5.74) is -0.184. The molecule has 0 saturated carbocycles. The molecule has 114 valence electrons. The minimum absolute atomic E-state index is 0.00688. The fraction of sp³-hybridized carbons (Fsp3) is 0.333. The highest BCUT2D eigenvalue weighted by atomic mass is 35.5. The van der Waals surface area contributed by atoms with Crippen LogP contribution >= 0.6 is 11.6 Å². The second kappa shape index (κ2) is 8.05. The number of carbonyl (C=O) groups is 2. The van der Waals surface area contributed by atoms with Crippen molar-refractivity contribution in [3.8, 4) is 5.75 Å². The summed E-state index contributed by atoms with van der Waals surface area (Å²) in [7, 11) is 0. The van der Waals surface area contributed by atoms with E-state index in [1.165, 1.54) is 12.1 Å². The van der Waals surface area contributed by atoms with Gasteiger partial charge in [0.05, 0.1) is 9.95 Å². The SMILES string of the molecule is CCCNC(=O)NC(=O)COc1ccc([N+](=O)[O-])cc1Cl. The molecule has 0 heterocycles. The first kappa shape index (κ1) is 16.7. The molecule has 3 amide bonds. The van der Waals surface area contributed by atoms with E-state index in [-0.39, 0.29) is 16.5 Å². The fourth-order valence-corrected chi connectivity index (χ4v) is 1.54. The lowest BCUT2D eigenvalue weighted by molar-refractivity contribution is -0.384. The molecule has 0 radical (unpaired) electrons. The van der Waals surface area contributed by atoms with E-state index in [0.717, 1.165) is 12.5 Å². The zero-order chi connectivity index (χ0) is 15.8. The minimum atomic E-state index is -0.655. The number of ether oxygens (including phenoxy) is 1. The lowest BCUT2D eigenvalue weighted by atomic mass is 10.3. The molecule has 21 heavy (non-hydrogen) atoms. The maximum atomic E-state index is 11.4. The van der Waals surface area contributed by atoms with Crippen LogP contribution in [-0.4, -0.2) is 30.0 Å². The van der Waals surface area contributed by atoms with Gasteiger partial charge in [-0.25, -0.2) is 4.79 Å². The van der Waals surface area contributed by atoms with Crippen LogP contribution < -0.4 is 15.4 Å². The number of benzene rings is 1. The van der Waals surface area contributed by atoms with Crippen molar-refractivity contribution in [3.63, 3.8) is 0 Å². The van der Waals surface area contributed by atoms with Crippen LogP contribution in [0.4, 0.5) is 10.5 Å². The summed E-state index contributed by atoms with van der Waals surface area (Å²) in [6, 6.07) is 2.99. The van der Waals surface area contributed by atoms with Gasteiger partial charge >= 0.3 is 6.03 Å². The van der Waals surface area contributed by atoms with Gasteiger partial charge in [0.25, 0.3) is 11.6 Å². The Hall–Kier alpha value is -2.35. The Kier molecular flexibility index (Phi) is 6.41. The van der Waals surface area contributed by atoms with Crippen LogP contribution in [0, 0.1) is 10.1 Å². The molecule has 0 aliphatic carbocycles. The Morgan fingerprint density at radius 1 is 1.43 bits per heavy atom. The Labute approximate surface area is 125 Å². The van der Waals surface area contributed by atoms with Gasteiger partial charge in [-0.15, -0.1) is 0 Å². The van der Waals surface area contributed by atoms with Crippen molar-refractivity contribution in [3.05, 3.63) is 33.3 Å². The third-order valence-electron chi connectivity index (χ3n) is 2.27. The number of rotatable bonds is 6. The summed E-state index contributed by atoms with van der Waals surface area (Å²) >= 11 is 5.79. The number of non-ortho nitro benzene ring substituents is 1. The molecule has 0 saturated heterocycles. The van der Waals surface area contributed by atoms with Gasteiger partial charge in [-0.05, 0) is 12.5 Å². The van der Waals surface area contributed by atoms with Crippen LogP contribution in [0.5, 0.6) is 5.75 Å². The lowest BCUT2D eigenvalue weighted by Crippen LogP contribution is -2.41. The number of nitro benzene ring substituents is 1. The minimum Gasteiger partial charge on any atom is -0.482 e. The molecule has 0 aliphatic rings. The van der Waals surface area contributed by atoms with E-state index >= 15 is 0 Å². The van der Waals surface area contributed by atoms with Crippen LogP contribution in [0.15, 0.2) is 18.2 Å². The van der Waals surface area contributed by atoms with E-state index in [4.69, 9.17) is 16.3 Å². The summed E-state index contributed by atoms with van der Waals surface area (Å²) in [5, 5.41) is 15.1. The smallest absolute Gasteiger partial charge is 0.321 e. The molecule has 1 aromatic rings. The molecule has 0 unspecified atom stereocenters. The van der Waals surface area contributed by atoms with E-state index in [0.29, 0.717) is 6.54 Å². The van der Waals surface area contributed by atoms with Gasteiger partial charge in [0.15, 0.2) is 6.61 Å². The summed E-state index contributed by atoms with van der Waals surface area (Å²) in [5.74, 6) is -0.538. The van der Waals surface area contributed by atoms with E-state index < -0.39 is 23.5 Å². The number of hydrogen-bond donors (Lipinski definition) is 2. The largest absolute Gasteiger partial charge is 0.482 e. The van der Waals surface area contributed by atoms with Gasteiger partial charge in [0, 0.05) is 18.7 Å². The Morgan fingerprint density at radius 3 is 2.71 bits per heavy atom. The predicted molar refractivity (Wildman–Crippen MR) is 75.4 cm³/mol. The fourth-order valence-electron chi connectivity index (χ4n) is 1.31.